The highest BCUT2D eigenvalue weighted by Gasteiger charge is 1.89. The van der Waals surface area contributed by atoms with E-state index in [0.29, 0.717) is 6.61 Å². The van der Waals surface area contributed by atoms with Crippen LogP contribution in [0.4, 0.5) is 0 Å². The van der Waals surface area contributed by atoms with Crippen LogP contribution in [0.15, 0.2) is 12.7 Å². The Balaban J connectivity index is -0.000000102. The van der Waals surface area contributed by atoms with E-state index in [1.807, 2.05) is 6.92 Å². The van der Waals surface area contributed by atoms with Gasteiger partial charge in [0.05, 0.1) is 31.3 Å². The van der Waals surface area contributed by atoms with Gasteiger partial charge in [0, 0.05) is 6.08 Å². The third-order valence-electron chi connectivity index (χ3n) is 0.986. The first kappa shape index (κ1) is 28.9. The van der Waals surface area contributed by atoms with Crippen LogP contribution in [0, 0.1) is 0 Å². The molecule has 22 heavy (non-hydrogen) atoms. The number of carboxylic acids is 2. The fourth-order valence-corrected chi connectivity index (χ4v) is 0.262. The highest BCUT2D eigenvalue weighted by Crippen LogP contribution is 1.81. The van der Waals surface area contributed by atoms with E-state index in [4.69, 9.17) is 20.4 Å². The minimum atomic E-state index is -0.881. The Bertz CT molecular complexity index is 268. The Hall–Kier alpha value is -1.23. The predicted molar refractivity (Wildman–Crippen MR) is 88.6 cm³/mol. The molecule has 0 aliphatic carbocycles. The number of carbonyl (C=O) groups excluding carboxylic acids is 1. The van der Waals surface area contributed by atoms with Crippen LogP contribution in [0.1, 0.15) is 13.3 Å². The second-order valence-electron chi connectivity index (χ2n) is 2.92. The summed E-state index contributed by atoms with van der Waals surface area (Å²) in [6.07, 6.45) is 2.02. The maximum Gasteiger partial charge on any atom is 0.330 e. The van der Waals surface area contributed by atoms with Gasteiger partial charge in [0.2, 0.25) is 0 Å². The van der Waals surface area contributed by atoms with Crippen molar-refractivity contribution >= 4 is 43.2 Å². The van der Waals surface area contributed by atoms with Crippen LogP contribution in [0.3, 0.4) is 0 Å². The molecule has 0 saturated heterocycles. The molecule has 0 aromatic rings. The molecule has 4 N–H and O–H groups in total. The van der Waals surface area contributed by atoms with Crippen molar-refractivity contribution < 1.29 is 39.5 Å². The number of carbonyl (C=O) groups is 3. The second kappa shape index (κ2) is 28.0. The van der Waals surface area contributed by atoms with Crippen LogP contribution in [-0.4, -0.2) is 69.7 Å². The van der Waals surface area contributed by atoms with E-state index in [1.54, 1.807) is 0 Å². The SMILES string of the molecule is C=CC(=O)OCCC.O=C(O)CS.O=C(O)CS.OCCO. The second-order valence-corrected chi connectivity index (χ2v) is 3.55. The molecule has 0 amide bonds. The molecule has 10 heteroatoms. The average molecular weight is 360 g/mol. The van der Waals surface area contributed by atoms with Crippen molar-refractivity contribution in [2.24, 2.45) is 0 Å². The van der Waals surface area contributed by atoms with Crippen molar-refractivity contribution in [3.63, 3.8) is 0 Å². The van der Waals surface area contributed by atoms with E-state index in [0.717, 1.165) is 12.5 Å². The van der Waals surface area contributed by atoms with Gasteiger partial charge in [0.1, 0.15) is 0 Å². The topological polar surface area (TPSA) is 141 Å². The van der Waals surface area contributed by atoms with Gasteiger partial charge in [-0.2, -0.15) is 25.3 Å². The number of aliphatic hydroxyl groups is 2. The molecule has 0 aliphatic rings. The molecule has 0 fully saturated rings. The fraction of sp³-hybridized carbons (Fsp3) is 0.583. The number of thiol groups is 2. The lowest BCUT2D eigenvalue weighted by atomic mass is 10.5. The van der Waals surface area contributed by atoms with E-state index in [2.05, 4.69) is 36.6 Å². The molecule has 0 bridgehead atoms. The molecule has 0 atom stereocenters. The molecule has 0 aromatic carbocycles. The zero-order valence-electron chi connectivity index (χ0n) is 12.3. The first-order chi connectivity index (χ1) is 10.3. The number of carboxylic acid groups (broad SMARTS) is 2. The lowest BCUT2D eigenvalue weighted by molar-refractivity contribution is -0.138. The lowest BCUT2D eigenvalue weighted by Crippen LogP contribution is -1.99. The summed E-state index contributed by atoms with van der Waals surface area (Å²) < 4.78 is 4.58. The van der Waals surface area contributed by atoms with Crippen LogP contribution in [-0.2, 0) is 19.1 Å². The van der Waals surface area contributed by atoms with Gasteiger partial charge in [-0.3, -0.25) is 9.59 Å². The summed E-state index contributed by atoms with van der Waals surface area (Å²) in [6, 6.07) is 0. The number of rotatable bonds is 6. The number of esters is 1. The average Bonchev–Trinajstić information content (AvgIpc) is 2.53. The van der Waals surface area contributed by atoms with Gasteiger partial charge >= 0.3 is 17.9 Å². The normalized spacial score (nSPS) is 7.68. The number of hydrogen-bond donors (Lipinski definition) is 6. The highest BCUT2D eigenvalue weighted by molar-refractivity contribution is 7.81. The zero-order valence-corrected chi connectivity index (χ0v) is 14.1. The largest absolute Gasteiger partial charge is 0.481 e. The van der Waals surface area contributed by atoms with Gasteiger partial charge in [-0.25, -0.2) is 4.79 Å². The standard InChI is InChI=1S/C6H10O2.2C2H4O2S.C2H6O2/c1-3-5-8-6(7)4-2;2*3-2(4)1-5;3-1-2-4/h4H,2-3,5H2,1H3;2*5H,1H2,(H,3,4);3-4H,1-2H2. The van der Waals surface area contributed by atoms with E-state index < -0.39 is 11.9 Å². The summed E-state index contributed by atoms with van der Waals surface area (Å²) in [7, 11) is 0. The summed E-state index contributed by atoms with van der Waals surface area (Å²) in [5, 5.41) is 30.5. The summed E-state index contributed by atoms with van der Waals surface area (Å²) in [5.74, 6) is -2.27. The molecule has 0 heterocycles. The van der Waals surface area contributed by atoms with Gasteiger partial charge in [-0.1, -0.05) is 13.5 Å². The molecule has 132 valence electrons. The highest BCUT2D eigenvalue weighted by atomic mass is 32.1. The fourth-order valence-electron chi connectivity index (χ4n) is 0.262. The van der Waals surface area contributed by atoms with Crippen LogP contribution >= 0.6 is 25.3 Å². The van der Waals surface area contributed by atoms with Crippen molar-refractivity contribution in [2.45, 2.75) is 13.3 Å². The first-order valence-electron chi connectivity index (χ1n) is 5.93. The van der Waals surface area contributed by atoms with Crippen LogP contribution in [0.25, 0.3) is 0 Å². The van der Waals surface area contributed by atoms with Gasteiger partial charge < -0.3 is 25.2 Å². The molecule has 0 aromatic heterocycles. The van der Waals surface area contributed by atoms with Crippen molar-refractivity contribution in [1.29, 1.82) is 0 Å². The minimum absolute atomic E-state index is 0.0833. The van der Waals surface area contributed by atoms with E-state index in [1.165, 1.54) is 0 Å². The monoisotopic (exact) mass is 360 g/mol. The first-order valence-corrected chi connectivity index (χ1v) is 7.19. The quantitative estimate of drug-likeness (QED) is 0.222. The van der Waals surface area contributed by atoms with Crippen molar-refractivity contribution in [3.8, 4) is 0 Å². The summed E-state index contributed by atoms with van der Waals surface area (Å²) >= 11 is 6.83. The van der Waals surface area contributed by atoms with Crippen molar-refractivity contribution in [2.75, 3.05) is 31.3 Å². The Morgan fingerprint density at radius 1 is 1.05 bits per heavy atom. The predicted octanol–water partition coefficient (Wildman–Crippen LogP) is 0.0982. The van der Waals surface area contributed by atoms with E-state index in [9.17, 15) is 14.4 Å². The Morgan fingerprint density at radius 2 is 1.36 bits per heavy atom. The van der Waals surface area contributed by atoms with Crippen LogP contribution in [0.5, 0.6) is 0 Å². The van der Waals surface area contributed by atoms with Gasteiger partial charge in [0.25, 0.3) is 0 Å². The maximum absolute atomic E-state index is 10.2. The van der Waals surface area contributed by atoms with Crippen LogP contribution in [0.2, 0.25) is 0 Å². The summed E-state index contributed by atoms with van der Waals surface area (Å²) in [5.41, 5.74) is 0. The number of aliphatic carboxylic acids is 2. The molecule has 0 saturated carbocycles. The Morgan fingerprint density at radius 3 is 1.50 bits per heavy atom. The Kier molecular flexibility index (Phi) is 36.7. The van der Waals surface area contributed by atoms with E-state index >= 15 is 0 Å². The third kappa shape index (κ3) is 62.1. The van der Waals surface area contributed by atoms with Crippen LogP contribution < -0.4 is 0 Å². The van der Waals surface area contributed by atoms with Gasteiger partial charge in [-0.05, 0) is 6.42 Å². The smallest absolute Gasteiger partial charge is 0.330 e. The molecular formula is C12H24O8S2. The molecule has 0 aliphatic heterocycles. The third-order valence-corrected chi connectivity index (χ3v) is 1.53. The Labute approximate surface area is 140 Å². The molecule has 0 spiro atoms. The van der Waals surface area contributed by atoms with Gasteiger partial charge in [-0.15, -0.1) is 0 Å². The molecule has 0 rings (SSSR count). The number of aliphatic hydroxyl groups excluding tert-OH is 2. The van der Waals surface area contributed by atoms with Gasteiger partial charge in [0.15, 0.2) is 0 Å². The van der Waals surface area contributed by atoms with Crippen molar-refractivity contribution in [3.05, 3.63) is 12.7 Å². The summed E-state index contributed by atoms with van der Waals surface area (Å²) in [6.45, 7) is 5.42. The van der Waals surface area contributed by atoms with Crippen molar-refractivity contribution in [1.82, 2.24) is 0 Å². The minimum Gasteiger partial charge on any atom is -0.481 e. The number of hydrogen-bond acceptors (Lipinski definition) is 8. The maximum atomic E-state index is 10.2. The molecule has 0 radical (unpaired) electrons. The zero-order chi connectivity index (χ0) is 18.4. The molecule has 0 unspecified atom stereocenters. The lowest BCUT2D eigenvalue weighted by Gasteiger charge is -1.94. The van der Waals surface area contributed by atoms with E-state index in [-0.39, 0.29) is 30.7 Å². The summed E-state index contributed by atoms with van der Waals surface area (Å²) in [4.78, 5) is 28.8. The molecule has 8 nitrogen and oxygen atoms in total. The molecular weight excluding hydrogens is 336 g/mol. The number of ether oxygens (including phenoxy) is 1.